The normalized spacial score (nSPS) is 10.7. The van der Waals surface area contributed by atoms with E-state index in [2.05, 4.69) is 5.32 Å². The average molecular weight is 349 g/mol. The molecule has 1 N–H and O–H groups in total. The van der Waals surface area contributed by atoms with E-state index in [0.29, 0.717) is 17.2 Å². The molecule has 5 heteroatoms. The SMILES string of the molecule is COc1cc(/C=C/c2ccccc2NC(=O)c2ccco2)cc(OC)c1. The van der Waals surface area contributed by atoms with E-state index in [4.69, 9.17) is 13.9 Å². The molecule has 0 aliphatic heterocycles. The summed E-state index contributed by atoms with van der Waals surface area (Å²) < 4.78 is 15.7. The first-order valence-electron chi connectivity index (χ1n) is 8.04. The van der Waals surface area contributed by atoms with Gasteiger partial charge in [-0.05, 0) is 41.5 Å². The minimum atomic E-state index is -0.293. The van der Waals surface area contributed by atoms with E-state index in [-0.39, 0.29) is 11.7 Å². The number of para-hydroxylation sites is 1. The van der Waals surface area contributed by atoms with Crippen molar-refractivity contribution in [2.75, 3.05) is 19.5 Å². The predicted molar refractivity (Wildman–Crippen MR) is 102 cm³/mol. The molecule has 1 heterocycles. The van der Waals surface area contributed by atoms with Crippen molar-refractivity contribution in [2.24, 2.45) is 0 Å². The summed E-state index contributed by atoms with van der Waals surface area (Å²) in [7, 11) is 3.23. The van der Waals surface area contributed by atoms with Crippen molar-refractivity contribution >= 4 is 23.7 Å². The van der Waals surface area contributed by atoms with Gasteiger partial charge in [-0.1, -0.05) is 30.4 Å². The maximum absolute atomic E-state index is 12.2. The van der Waals surface area contributed by atoms with E-state index in [1.807, 2.05) is 54.6 Å². The molecule has 0 saturated carbocycles. The van der Waals surface area contributed by atoms with Crippen LogP contribution in [0, 0.1) is 0 Å². The molecule has 3 rings (SSSR count). The Kier molecular flexibility index (Phi) is 5.39. The monoisotopic (exact) mass is 349 g/mol. The first-order chi connectivity index (χ1) is 12.7. The van der Waals surface area contributed by atoms with Gasteiger partial charge in [0.25, 0.3) is 5.91 Å². The van der Waals surface area contributed by atoms with Gasteiger partial charge in [-0.2, -0.15) is 0 Å². The van der Waals surface area contributed by atoms with E-state index >= 15 is 0 Å². The largest absolute Gasteiger partial charge is 0.497 e. The number of anilines is 1. The lowest BCUT2D eigenvalue weighted by molar-refractivity contribution is 0.0996. The molecule has 2 aromatic carbocycles. The van der Waals surface area contributed by atoms with Crippen LogP contribution in [-0.4, -0.2) is 20.1 Å². The summed E-state index contributed by atoms with van der Waals surface area (Å²) in [5, 5.41) is 2.86. The van der Waals surface area contributed by atoms with Crippen molar-refractivity contribution in [3.05, 3.63) is 77.7 Å². The van der Waals surface area contributed by atoms with E-state index in [0.717, 1.165) is 11.1 Å². The van der Waals surface area contributed by atoms with Gasteiger partial charge in [-0.15, -0.1) is 0 Å². The number of furan rings is 1. The van der Waals surface area contributed by atoms with Crippen LogP contribution >= 0.6 is 0 Å². The molecule has 0 atom stereocenters. The number of carbonyl (C=O) groups is 1. The number of hydrogen-bond donors (Lipinski definition) is 1. The van der Waals surface area contributed by atoms with E-state index in [1.54, 1.807) is 26.4 Å². The van der Waals surface area contributed by atoms with Gasteiger partial charge in [0, 0.05) is 11.8 Å². The number of ether oxygens (including phenoxy) is 2. The zero-order valence-corrected chi connectivity index (χ0v) is 14.6. The predicted octanol–water partition coefficient (Wildman–Crippen LogP) is 4.72. The first kappa shape index (κ1) is 17.4. The van der Waals surface area contributed by atoms with Crippen molar-refractivity contribution in [1.82, 2.24) is 0 Å². The van der Waals surface area contributed by atoms with Crippen molar-refractivity contribution in [3.63, 3.8) is 0 Å². The van der Waals surface area contributed by atoms with Crippen LogP contribution in [0.2, 0.25) is 0 Å². The summed E-state index contributed by atoms with van der Waals surface area (Å²) in [6.45, 7) is 0. The number of amides is 1. The van der Waals surface area contributed by atoms with Gasteiger partial charge in [-0.25, -0.2) is 0 Å². The zero-order valence-electron chi connectivity index (χ0n) is 14.6. The minimum absolute atomic E-state index is 0.265. The van der Waals surface area contributed by atoms with Gasteiger partial charge in [0.2, 0.25) is 0 Å². The van der Waals surface area contributed by atoms with Crippen LogP contribution in [0.15, 0.2) is 65.3 Å². The fourth-order valence-electron chi connectivity index (χ4n) is 2.46. The zero-order chi connectivity index (χ0) is 18.4. The van der Waals surface area contributed by atoms with Gasteiger partial charge >= 0.3 is 0 Å². The maximum Gasteiger partial charge on any atom is 0.291 e. The molecule has 1 aromatic heterocycles. The second-order valence-electron chi connectivity index (χ2n) is 5.50. The molecule has 0 unspecified atom stereocenters. The molecular weight excluding hydrogens is 330 g/mol. The number of hydrogen-bond acceptors (Lipinski definition) is 4. The maximum atomic E-state index is 12.2. The lowest BCUT2D eigenvalue weighted by Crippen LogP contribution is -2.11. The molecule has 0 aliphatic carbocycles. The molecule has 0 fully saturated rings. The fourth-order valence-corrected chi connectivity index (χ4v) is 2.46. The van der Waals surface area contributed by atoms with E-state index < -0.39 is 0 Å². The lowest BCUT2D eigenvalue weighted by Gasteiger charge is -2.08. The van der Waals surface area contributed by atoms with Crippen LogP contribution in [0.1, 0.15) is 21.7 Å². The second kappa shape index (κ2) is 8.07. The highest BCUT2D eigenvalue weighted by Crippen LogP contribution is 2.25. The van der Waals surface area contributed by atoms with Crippen molar-refractivity contribution in [3.8, 4) is 11.5 Å². The van der Waals surface area contributed by atoms with Gasteiger partial charge in [0.05, 0.1) is 20.5 Å². The Balaban J connectivity index is 1.84. The smallest absolute Gasteiger partial charge is 0.291 e. The molecule has 0 saturated heterocycles. The molecule has 0 aliphatic rings. The van der Waals surface area contributed by atoms with Crippen LogP contribution in [0.3, 0.4) is 0 Å². The quantitative estimate of drug-likeness (QED) is 0.654. The third-order valence-electron chi connectivity index (χ3n) is 3.78. The Morgan fingerprint density at radius 2 is 1.69 bits per heavy atom. The summed E-state index contributed by atoms with van der Waals surface area (Å²) in [4.78, 5) is 12.2. The Morgan fingerprint density at radius 3 is 2.35 bits per heavy atom. The van der Waals surface area contributed by atoms with Gasteiger partial charge in [-0.3, -0.25) is 4.79 Å². The Bertz CT molecular complexity index is 891. The molecule has 132 valence electrons. The summed E-state index contributed by atoms with van der Waals surface area (Å²) in [5.41, 5.74) is 2.49. The number of nitrogens with one attached hydrogen (secondary N) is 1. The van der Waals surface area contributed by atoms with Gasteiger partial charge < -0.3 is 19.2 Å². The van der Waals surface area contributed by atoms with Crippen LogP contribution < -0.4 is 14.8 Å². The number of benzene rings is 2. The molecular formula is C21H19NO4. The van der Waals surface area contributed by atoms with Crippen molar-refractivity contribution < 1.29 is 18.7 Å². The topological polar surface area (TPSA) is 60.7 Å². The van der Waals surface area contributed by atoms with Crippen LogP contribution in [0.5, 0.6) is 11.5 Å². The molecule has 3 aromatic rings. The molecule has 26 heavy (non-hydrogen) atoms. The lowest BCUT2D eigenvalue weighted by atomic mass is 10.1. The summed E-state index contributed by atoms with van der Waals surface area (Å²) in [6, 6.07) is 16.5. The van der Waals surface area contributed by atoms with E-state index in [1.165, 1.54) is 6.26 Å². The highest BCUT2D eigenvalue weighted by Gasteiger charge is 2.10. The molecule has 1 amide bonds. The second-order valence-corrected chi connectivity index (χ2v) is 5.50. The highest BCUT2D eigenvalue weighted by molar-refractivity contribution is 6.03. The highest BCUT2D eigenvalue weighted by atomic mass is 16.5. The summed E-state index contributed by atoms with van der Waals surface area (Å²) >= 11 is 0. The van der Waals surface area contributed by atoms with Gasteiger partial charge in [0.15, 0.2) is 5.76 Å². The van der Waals surface area contributed by atoms with Crippen LogP contribution in [0.25, 0.3) is 12.2 Å². The minimum Gasteiger partial charge on any atom is -0.497 e. The van der Waals surface area contributed by atoms with Crippen LogP contribution in [-0.2, 0) is 0 Å². The molecule has 0 spiro atoms. The standard InChI is InChI=1S/C21H19NO4/c1-24-17-12-15(13-18(14-17)25-2)9-10-16-6-3-4-7-19(16)22-21(23)20-8-5-11-26-20/h3-14H,1-2H3,(H,22,23)/b10-9+. The third kappa shape index (κ3) is 4.13. The number of rotatable bonds is 6. The number of methoxy groups -OCH3 is 2. The Hall–Kier alpha value is -3.47. The molecule has 0 radical (unpaired) electrons. The molecule has 0 bridgehead atoms. The first-order valence-corrected chi connectivity index (χ1v) is 8.04. The summed E-state index contributed by atoms with van der Waals surface area (Å²) in [5.74, 6) is 1.40. The van der Waals surface area contributed by atoms with Crippen molar-refractivity contribution in [1.29, 1.82) is 0 Å². The van der Waals surface area contributed by atoms with Crippen molar-refractivity contribution in [2.45, 2.75) is 0 Å². The average Bonchev–Trinajstić information content (AvgIpc) is 3.22. The number of carbonyl (C=O) groups excluding carboxylic acids is 1. The molecule has 5 nitrogen and oxygen atoms in total. The Morgan fingerprint density at radius 1 is 0.962 bits per heavy atom. The summed E-state index contributed by atoms with van der Waals surface area (Å²) in [6.07, 6.45) is 5.33. The fraction of sp³-hybridized carbons (Fsp3) is 0.0952. The van der Waals surface area contributed by atoms with Crippen LogP contribution in [0.4, 0.5) is 5.69 Å². The van der Waals surface area contributed by atoms with E-state index in [9.17, 15) is 4.79 Å². The van der Waals surface area contributed by atoms with Gasteiger partial charge in [0.1, 0.15) is 11.5 Å². The third-order valence-corrected chi connectivity index (χ3v) is 3.78. The Labute approximate surface area is 151 Å².